The number of aromatic nitrogens is 1. The molecule has 0 saturated carbocycles. The first-order valence-electron chi connectivity index (χ1n) is 9.95. The van der Waals surface area contributed by atoms with Gasteiger partial charge in [0.1, 0.15) is 4.75 Å². The molecular weight excluding hydrogens is 416 g/mol. The van der Waals surface area contributed by atoms with Crippen molar-refractivity contribution < 1.29 is 18.9 Å². The van der Waals surface area contributed by atoms with Crippen LogP contribution in [0.2, 0.25) is 0 Å². The first kappa shape index (κ1) is 21.4. The number of aryl methyl sites for hydroxylation is 1. The van der Waals surface area contributed by atoms with E-state index in [0.29, 0.717) is 18.6 Å². The lowest BCUT2D eigenvalue weighted by Gasteiger charge is -2.24. The van der Waals surface area contributed by atoms with Gasteiger partial charge in [-0.1, -0.05) is 18.2 Å². The second kappa shape index (κ2) is 8.37. The van der Waals surface area contributed by atoms with Gasteiger partial charge in [0, 0.05) is 35.2 Å². The van der Waals surface area contributed by atoms with Crippen molar-refractivity contribution in [3.8, 4) is 11.1 Å². The quantitative estimate of drug-likeness (QED) is 0.454. The smallest absolute Gasteiger partial charge is 0.261 e. The number of nitrogens with one attached hydrogen (secondary N) is 1. The van der Waals surface area contributed by atoms with Crippen molar-refractivity contribution in [3.05, 3.63) is 70.1 Å². The third-order valence-electron chi connectivity index (χ3n) is 6.08. The first-order chi connectivity index (χ1) is 14.8. The van der Waals surface area contributed by atoms with Gasteiger partial charge < -0.3 is 9.30 Å². The molecule has 3 aromatic rings. The van der Waals surface area contributed by atoms with Gasteiger partial charge in [0.2, 0.25) is 0 Å². The molecule has 162 valence electrons. The number of hydrogen-bond acceptors (Lipinski definition) is 5. The summed E-state index contributed by atoms with van der Waals surface area (Å²) in [7, 11) is -1.53. The highest BCUT2D eigenvalue weighted by Gasteiger charge is 2.37. The molecule has 0 saturated heterocycles. The van der Waals surface area contributed by atoms with E-state index in [4.69, 9.17) is 9.94 Å². The van der Waals surface area contributed by atoms with Gasteiger partial charge in [-0.15, -0.1) is 0 Å². The van der Waals surface area contributed by atoms with Gasteiger partial charge >= 0.3 is 0 Å². The highest BCUT2D eigenvalue weighted by molar-refractivity contribution is 7.86. The zero-order valence-electron chi connectivity index (χ0n) is 17.4. The average Bonchev–Trinajstić information content (AvgIpc) is 3.25. The molecule has 1 aliphatic rings. The third-order valence-corrected chi connectivity index (χ3v) is 7.74. The number of fused-ring (bicyclic) bond motifs is 2. The Balaban J connectivity index is 1.63. The number of amides is 1. The number of nitrogens with zero attached hydrogens (tertiary/aromatic N) is 1. The lowest BCUT2D eigenvalue weighted by atomic mass is 9.98. The fraction of sp³-hybridized carbons (Fsp3) is 0.304. The summed E-state index contributed by atoms with van der Waals surface area (Å²) in [6.07, 6.45) is 3.23. The third kappa shape index (κ3) is 3.94. The molecule has 8 heteroatoms. The van der Waals surface area contributed by atoms with Crippen molar-refractivity contribution in [2.75, 3.05) is 6.26 Å². The SMILES string of the molecule is CS(=O)[C@](C)(CCn1ccc2cc(-c3ccc4c(c3)COC4)ccc2c1=O)C(=O)NO. The molecule has 1 aliphatic heterocycles. The van der Waals surface area contributed by atoms with Crippen LogP contribution in [0.1, 0.15) is 24.5 Å². The van der Waals surface area contributed by atoms with Crippen LogP contribution in [0.3, 0.4) is 0 Å². The van der Waals surface area contributed by atoms with Crippen molar-refractivity contribution in [1.82, 2.24) is 10.0 Å². The molecule has 1 amide bonds. The molecule has 1 aromatic heterocycles. The second-order valence-electron chi connectivity index (χ2n) is 7.97. The van der Waals surface area contributed by atoms with Gasteiger partial charge in [-0.05, 0) is 65.3 Å². The maximum absolute atomic E-state index is 13.0. The number of hydroxylamine groups is 1. The van der Waals surface area contributed by atoms with Crippen LogP contribution in [0.25, 0.3) is 21.9 Å². The van der Waals surface area contributed by atoms with Crippen LogP contribution in [0, 0.1) is 0 Å². The molecule has 2 atom stereocenters. The Morgan fingerprint density at radius 1 is 1.16 bits per heavy atom. The first-order valence-corrected chi connectivity index (χ1v) is 11.5. The molecular formula is C23H24N2O5S. The van der Waals surface area contributed by atoms with Crippen molar-refractivity contribution in [1.29, 1.82) is 0 Å². The summed E-state index contributed by atoms with van der Waals surface area (Å²) in [6, 6.07) is 13.9. The van der Waals surface area contributed by atoms with Crippen molar-refractivity contribution in [2.24, 2.45) is 0 Å². The van der Waals surface area contributed by atoms with Gasteiger partial charge in [-0.2, -0.15) is 0 Å². The van der Waals surface area contributed by atoms with Crippen LogP contribution in [-0.4, -0.2) is 30.9 Å². The van der Waals surface area contributed by atoms with E-state index < -0.39 is 21.5 Å². The molecule has 0 aliphatic carbocycles. The van der Waals surface area contributed by atoms with Gasteiger partial charge in [0.15, 0.2) is 0 Å². The highest BCUT2D eigenvalue weighted by atomic mass is 32.2. The van der Waals surface area contributed by atoms with Crippen LogP contribution in [0.5, 0.6) is 0 Å². The topological polar surface area (TPSA) is 97.6 Å². The standard InChI is InChI=1S/C23H24N2O5S/c1-23(31(2)29,22(27)24-28)8-10-25-9-7-17-11-16(5-6-20(17)21(25)26)15-3-4-18-13-30-14-19(18)12-15/h3-7,9,11-12,28H,8,10,13-14H2,1-2H3,(H,24,27)/t23-,31?/m1/s1. The minimum atomic E-state index is -1.53. The monoisotopic (exact) mass is 440 g/mol. The van der Waals surface area contributed by atoms with Gasteiger partial charge in [-0.3, -0.25) is 19.0 Å². The maximum Gasteiger partial charge on any atom is 0.261 e. The van der Waals surface area contributed by atoms with E-state index in [1.54, 1.807) is 11.7 Å². The molecule has 2 aromatic carbocycles. The van der Waals surface area contributed by atoms with E-state index in [9.17, 15) is 13.8 Å². The van der Waals surface area contributed by atoms with Crippen LogP contribution >= 0.6 is 0 Å². The lowest BCUT2D eigenvalue weighted by molar-refractivity contribution is -0.131. The number of hydrogen-bond donors (Lipinski definition) is 2. The predicted molar refractivity (Wildman–Crippen MR) is 119 cm³/mol. The summed E-state index contributed by atoms with van der Waals surface area (Å²) in [6.45, 7) is 2.98. The summed E-state index contributed by atoms with van der Waals surface area (Å²) in [5.74, 6) is -0.730. The molecule has 7 nitrogen and oxygen atoms in total. The van der Waals surface area contributed by atoms with Crippen LogP contribution in [0.15, 0.2) is 53.5 Å². The summed E-state index contributed by atoms with van der Waals surface area (Å²) in [4.78, 5) is 25.0. The largest absolute Gasteiger partial charge is 0.372 e. The molecule has 31 heavy (non-hydrogen) atoms. The molecule has 4 rings (SSSR count). The van der Waals surface area contributed by atoms with Crippen molar-refractivity contribution in [2.45, 2.75) is 37.9 Å². The normalized spacial score (nSPS) is 16.0. The Labute approximate surface area is 182 Å². The fourth-order valence-electron chi connectivity index (χ4n) is 3.84. The number of carbonyl (C=O) groups excluding carboxylic acids is 1. The summed E-state index contributed by atoms with van der Waals surface area (Å²) >= 11 is 0. The molecule has 0 spiro atoms. The summed E-state index contributed by atoms with van der Waals surface area (Å²) in [5, 5.41) is 10.4. The Bertz CT molecular complexity index is 1250. The minimum absolute atomic E-state index is 0.142. The molecule has 0 fully saturated rings. The lowest BCUT2D eigenvalue weighted by Crippen LogP contribution is -2.47. The van der Waals surface area contributed by atoms with E-state index in [1.165, 1.54) is 28.9 Å². The van der Waals surface area contributed by atoms with Crippen LogP contribution in [0.4, 0.5) is 0 Å². The molecule has 0 bridgehead atoms. The molecule has 2 N–H and O–H groups in total. The van der Waals surface area contributed by atoms with Gasteiger partial charge in [-0.25, -0.2) is 5.48 Å². The van der Waals surface area contributed by atoms with Crippen LogP contribution in [-0.2, 0) is 40.1 Å². The van der Waals surface area contributed by atoms with E-state index >= 15 is 0 Å². The average molecular weight is 441 g/mol. The zero-order valence-corrected chi connectivity index (χ0v) is 18.2. The summed E-state index contributed by atoms with van der Waals surface area (Å²) in [5.41, 5.74) is 5.90. The van der Waals surface area contributed by atoms with Crippen molar-refractivity contribution >= 4 is 27.5 Å². The summed E-state index contributed by atoms with van der Waals surface area (Å²) < 4.78 is 17.8. The predicted octanol–water partition coefficient (Wildman–Crippen LogP) is 2.73. The Kier molecular flexibility index (Phi) is 5.79. The van der Waals surface area contributed by atoms with Gasteiger partial charge in [0.05, 0.1) is 13.2 Å². The molecule has 0 radical (unpaired) electrons. The van der Waals surface area contributed by atoms with E-state index in [-0.39, 0.29) is 18.5 Å². The molecule has 1 unspecified atom stereocenters. The highest BCUT2D eigenvalue weighted by Crippen LogP contribution is 2.28. The zero-order chi connectivity index (χ0) is 22.2. The second-order valence-corrected chi connectivity index (χ2v) is 9.78. The van der Waals surface area contributed by atoms with E-state index in [0.717, 1.165) is 16.5 Å². The van der Waals surface area contributed by atoms with E-state index in [1.807, 2.05) is 24.3 Å². The Hall–Kier alpha value is -2.81. The van der Waals surface area contributed by atoms with E-state index in [2.05, 4.69) is 18.2 Å². The minimum Gasteiger partial charge on any atom is -0.372 e. The number of pyridine rings is 1. The van der Waals surface area contributed by atoms with Crippen molar-refractivity contribution in [3.63, 3.8) is 0 Å². The molecule has 2 heterocycles. The Morgan fingerprint density at radius 2 is 1.87 bits per heavy atom. The Morgan fingerprint density at radius 3 is 2.61 bits per heavy atom. The van der Waals surface area contributed by atoms with Crippen LogP contribution < -0.4 is 11.0 Å². The number of benzene rings is 2. The fourth-order valence-corrected chi connectivity index (χ4v) is 4.52. The van der Waals surface area contributed by atoms with Gasteiger partial charge in [0.25, 0.3) is 11.5 Å². The number of rotatable bonds is 6. The maximum atomic E-state index is 13.0. The number of carbonyl (C=O) groups is 1. The number of ether oxygens (including phenoxy) is 1.